The van der Waals surface area contributed by atoms with Crippen molar-refractivity contribution in [2.45, 2.75) is 78.4 Å². The Hall–Kier alpha value is -1.73. The van der Waals surface area contributed by atoms with Gasteiger partial charge in [0, 0.05) is 4.88 Å². The lowest BCUT2D eigenvalue weighted by Gasteiger charge is -2.36. The Morgan fingerprint density at radius 1 is 1.13 bits per heavy atom. The van der Waals surface area contributed by atoms with Crippen LogP contribution in [0.3, 0.4) is 0 Å². The molecule has 5 atom stereocenters. The number of hydrogen-bond acceptors (Lipinski definition) is 6. The number of rotatable bonds is 5. The van der Waals surface area contributed by atoms with Gasteiger partial charge >= 0.3 is 5.97 Å². The summed E-state index contributed by atoms with van der Waals surface area (Å²) in [6.07, 6.45) is 5.10. The van der Waals surface area contributed by atoms with Crippen LogP contribution < -0.4 is 4.90 Å². The van der Waals surface area contributed by atoms with Crippen LogP contribution in [0.15, 0.2) is 0 Å². The first-order chi connectivity index (χ1) is 14.8. The summed E-state index contributed by atoms with van der Waals surface area (Å²) in [5, 5.41) is 0.488. The zero-order valence-electron chi connectivity index (χ0n) is 18.7. The van der Waals surface area contributed by atoms with E-state index in [4.69, 9.17) is 9.47 Å². The number of fused-ring (bicyclic) bond motifs is 6. The maximum absolute atomic E-state index is 13.4. The Morgan fingerprint density at radius 3 is 2.35 bits per heavy atom. The van der Waals surface area contributed by atoms with E-state index in [1.54, 1.807) is 6.92 Å². The third-order valence-electron chi connectivity index (χ3n) is 8.23. The van der Waals surface area contributed by atoms with Gasteiger partial charge in [0.25, 0.3) is 0 Å². The first-order valence-corrected chi connectivity index (χ1v) is 12.4. The summed E-state index contributed by atoms with van der Waals surface area (Å²) in [6.45, 7) is 8.86. The molecule has 3 saturated heterocycles. The average Bonchev–Trinajstić information content (AvgIpc) is 3.49. The first kappa shape index (κ1) is 21.1. The Kier molecular flexibility index (Phi) is 5.05. The zero-order valence-corrected chi connectivity index (χ0v) is 19.5. The number of thiophene rings is 1. The van der Waals surface area contributed by atoms with E-state index >= 15 is 0 Å². The minimum Gasteiger partial charge on any atom is -0.462 e. The minimum atomic E-state index is -0.417. The molecule has 5 rings (SSSR count). The lowest BCUT2D eigenvalue weighted by molar-refractivity contribution is -0.124. The zero-order chi connectivity index (χ0) is 22.1. The normalized spacial score (nSPS) is 31.9. The molecule has 0 aromatic carbocycles. The van der Waals surface area contributed by atoms with Crippen molar-refractivity contribution in [3.8, 4) is 0 Å². The molecular weight excluding hydrogens is 414 g/mol. The summed E-state index contributed by atoms with van der Waals surface area (Å²) in [7, 11) is 0. The number of nitrogens with zero attached hydrogens (tertiary/aromatic N) is 1. The third kappa shape index (κ3) is 3.03. The fraction of sp³-hybridized carbons (Fsp3) is 0.708. The van der Waals surface area contributed by atoms with Crippen LogP contribution in [-0.2, 0) is 31.9 Å². The number of esters is 1. The van der Waals surface area contributed by atoms with Crippen LogP contribution in [0.5, 0.6) is 0 Å². The van der Waals surface area contributed by atoms with Crippen molar-refractivity contribution < 1.29 is 23.9 Å². The van der Waals surface area contributed by atoms with Gasteiger partial charge in [0.2, 0.25) is 11.8 Å². The molecule has 1 aromatic rings. The summed E-state index contributed by atoms with van der Waals surface area (Å²) >= 11 is 1.46. The molecule has 2 amide bonds. The summed E-state index contributed by atoms with van der Waals surface area (Å²) in [5.41, 5.74) is 1.64. The molecule has 3 aliphatic heterocycles. The highest BCUT2D eigenvalue weighted by Crippen LogP contribution is 2.53. The first-order valence-electron chi connectivity index (χ1n) is 11.6. The SMILES string of the molecule is CCOC(=O)c1c(N2C(=O)[C@@H]3[C@@H](C2=O)[C@H]2CC[C@@H]3O2)sc2c1CC[C@H](C(C)(C)CC)C2. The van der Waals surface area contributed by atoms with E-state index in [2.05, 4.69) is 20.8 Å². The highest BCUT2D eigenvalue weighted by Gasteiger charge is 2.63. The Morgan fingerprint density at radius 2 is 1.77 bits per heavy atom. The van der Waals surface area contributed by atoms with Crippen molar-refractivity contribution in [1.29, 1.82) is 0 Å². The molecule has 1 aromatic heterocycles. The fourth-order valence-electron chi connectivity index (χ4n) is 6.01. The number of carbonyl (C=O) groups excluding carboxylic acids is 3. The van der Waals surface area contributed by atoms with Gasteiger partial charge in [-0.1, -0.05) is 27.2 Å². The monoisotopic (exact) mass is 445 g/mol. The minimum absolute atomic E-state index is 0.160. The van der Waals surface area contributed by atoms with Crippen LogP contribution in [-0.4, -0.2) is 36.6 Å². The lowest BCUT2D eigenvalue weighted by Crippen LogP contribution is -2.34. The highest BCUT2D eigenvalue weighted by atomic mass is 32.1. The number of hydrogen-bond donors (Lipinski definition) is 0. The molecule has 168 valence electrons. The standard InChI is InChI=1S/C24H31NO5S/c1-5-24(3,4)12-7-8-13-16(11-12)31-22(17(13)23(28)29-6-2)25-20(26)18-14-9-10-15(30-14)19(18)21(25)27/h12,14-15,18-19H,5-11H2,1-4H3/t12-,14-,15+,18-,19-/m0/s1. The molecule has 3 fully saturated rings. The second-order valence-electron chi connectivity index (χ2n) is 10.0. The summed E-state index contributed by atoms with van der Waals surface area (Å²) in [4.78, 5) is 42.2. The molecule has 0 radical (unpaired) electrons. The Bertz CT molecular complexity index is 922. The molecule has 2 bridgehead atoms. The second kappa shape index (κ2) is 7.41. The van der Waals surface area contributed by atoms with Gasteiger partial charge in [-0.2, -0.15) is 0 Å². The van der Waals surface area contributed by atoms with E-state index in [1.807, 2.05) is 0 Å². The largest absolute Gasteiger partial charge is 0.462 e. The van der Waals surface area contributed by atoms with Gasteiger partial charge in [0.05, 0.1) is 36.2 Å². The van der Waals surface area contributed by atoms with E-state index < -0.39 is 17.8 Å². The molecule has 0 spiro atoms. The van der Waals surface area contributed by atoms with E-state index in [0.29, 0.717) is 16.5 Å². The molecular formula is C24H31NO5S. The molecule has 4 heterocycles. The number of imide groups is 1. The third-order valence-corrected chi connectivity index (χ3v) is 9.47. The van der Waals surface area contributed by atoms with Gasteiger partial charge in [-0.3, -0.25) is 9.59 Å². The van der Waals surface area contributed by atoms with Crippen molar-refractivity contribution in [3.63, 3.8) is 0 Å². The van der Waals surface area contributed by atoms with Crippen LogP contribution in [0.4, 0.5) is 5.00 Å². The lowest BCUT2D eigenvalue weighted by atomic mass is 9.69. The number of carbonyl (C=O) groups is 3. The van der Waals surface area contributed by atoms with Gasteiger partial charge in [-0.25, -0.2) is 9.69 Å². The van der Waals surface area contributed by atoms with Gasteiger partial charge in [0.15, 0.2) is 0 Å². The van der Waals surface area contributed by atoms with Gasteiger partial charge in [0.1, 0.15) is 5.00 Å². The molecule has 0 unspecified atom stereocenters. The molecule has 6 nitrogen and oxygen atoms in total. The smallest absolute Gasteiger partial charge is 0.341 e. The van der Waals surface area contributed by atoms with Crippen LogP contribution in [0, 0.1) is 23.2 Å². The number of amides is 2. The van der Waals surface area contributed by atoms with E-state index in [0.717, 1.165) is 49.0 Å². The van der Waals surface area contributed by atoms with Crippen LogP contribution in [0.1, 0.15) is 74.2 Å². The quantitative estimate of drug-likeness (QED) is 0.503. The predicted octanol–water partition coefficient (Wildman–Crippen LogP) is 4.13. The predicted molar refractivity (Wildman–Crippen MR) is 117 cm³/mol. The number of anilines is 1. The van der Waals surface area contributed by atoms with Crippen LogP contribution in [0.2, 0.25) is 0 Å². The fourth-order valence-corrected chi connectivity index (χ4v) is 7.44. The van der Waals surface area contributed by atoms with Crippen molar-refractivity contribution >= 4 is 34.1 Å². The molecule has 4 aliphatic rings. The van der Waals surface area contributed by atoms with Crippen LogP contribution >= 0.6 is 11.3 Å². The van der Waals surface area contributed by atoms with Gasteiger partial charge in [-0.15, -0.1) is 11.3 Å². The second-order valence-corrected chi connectivity index (χ2v) is 11.1. The topological polar surface area (TPSA) is 72.9 Å². The number of ether oxygens (including phenoxy) is 2. The maximum Gasteiger partial charge on any atom is 0.341 e. The van der Waals surface area contributed by atoms with E-state index in [9.17, 15) is 14.4 Å². The van der Waals surface area contributed by atoms with Crippen molar-refractivity contribution in [3.05, 3.63) is 16.0 Å². The Labute approximate surface area is 187 Å². The highest BCUT2D eigenvalue weighted by molar-refractivity contribution is 7.17. The van der Waals surface area contributed by atoms with E-state index in [-0.39, 0.29) is 36.0 Å². The van der Waals surface area contributed by atoms with Gasteiger partial charge < -0.3 is 9.47 Å². The average molecular weight is 446 g/mol. The maximum atomic E-state index is 13.4. The van der Waals surface area contributed by atoms with Crippen LogP contribution in [0.25, 0.3) is 0 Å². The molecule has 0 saturated carbocycles. The summed E-state index contributed by atoms with van der Waals surface area (Å²) in [6, 6.07) is 0. The molecule has 0 N–H and O–H groups in total. The molecule has 31 heavy (non-hydrogen) atoms. The van der Waals surface area contributed by atoms with Crippen molar-refractivity contribution in [2.24, 2.45) is 23.2 Å². The Balaban J connectivity index is 1.56. The summed E-state index contributed by atoms with van der Waals surface area (Å²) < 4.78 is 11.2. The van der Waals surface area contributed by atoms with E-state index in [1.165, 1.54) is 16.2 Å². The molecule has 7 heteroatoms. The van der Waals surface area contributed by atoms with Crippen molar-refractivity contribution in [2.75, 3.05) is 11.5 Å². The van der Waals surface area contributed by atoms with Crippen molar-refractivity contribution in [1.82, 2.24) is 0 Å². The molecule has 1 aliphatic carbocycles. The summed E-state index contributed by atoms with van der Waals surface area (Å²) in [5.74, 6) is -1.09. The van der Waals surface area contributed by atoms with Gasteiger partial charge in [-0.05, 0) is 55.9 Å².